The highest BCUT2D eigenvalue weighted by molar-refractivity contribution is 5.90. The minimum Gasteiger partial charge on any atom is -0.342 e. The molecule has 2 aliphatic carbocycles. The molecule has 0 N–H and O–H groups in total. The van der Waals surface area contributed by atoms with E-state index in [0.717, 1.165) is 58.3 Å². The van der Waals surface area contributed by atoms with E-state index in [1.165, 1.54) is 0 Å². The van der Waals surface area contributed by atoms with Crippen molar-refractivity contribution in [3.8, 4) is 0 Å². The van der Waals surface area contributed by atoms with Crippen LogP contribution in [0.2, 0.25) is 0 Å². The Labute approximate surface area is 153 Å². The molecule has 4 nitrogen and oxygen atoms in total. The van der Waals surface area contributed by atoms with Gasteiger partial charge in [0.25, 0.3) is 0 Å². The Bertz CT molecular complexity index is 434. The van der Waals surface area contributed by atoms with Crippen LogP contribution in [0.3, 0.4) is 0 Å². The predicted molar refractivity (Wildman–Crippen MR) is 102 cm³/mol. The molecule has 1 saturated carbocycles. The van der Waals surface area contributed by atoms with Gasteiger partial charge in [0.05, 0.1) is 11.8 Å². The van der Waals surface area contributed by atoms with Crippen LogP contribution < -0.4 is 0 Å². The first kappa shape index (κ1) is 20.0. The van der Waals surface area contributed by atoms with E-state index in [4.69, 9.17) is 0 Å². The second-order valence-electron chi connectivity index (χ2n) is 7.65. The predicted octanol–water partition coefficient (Wildman–Crippen LogP) is 3.72. The van der Waals surface area contributed by atoms with Gasteiger partial charge in [-0.3, -0.25) is 9.59 Å². The van der Waals surface area contributed by atoms with E-state index in [9.17, 15) is 9.59 Å². The van der Waals surface area contributed by atoms with E-state index >= 15 is 0 Å². The maximum atomic E-state index is 13.3. The van der Waals surface area contributed by atoms with Crippen molar-refractivity contribution in [1.82, 2.24) is 9.80 Å². The van der Waals surface area contributed by atoms with Gasteiger partial charge in [0.1, 0.15) is 0 Å². The summed E-state index contributed by atoms with van der Waals surface area (Å²) in [5.74, 6) is 0.660. The van der Waals surface area contributed by atoms with E-state index < -0.39 is 0 Å². The largest absolute Gasteiger partial charge is 0.342 e. The van der Waals surface area contributed by atoms with Gasteiger partial charge in [0.2, 0.25) is 11.8 Å². The Kier molecular flexibility index (Phi) is 7.52. The molecule has 1 fully saturated rings. The fourth-order valence-electron chi connectivity index (χ4n) is 4.66. The summed E-state index contributed by atoms with van der Waals surface area (Å²) in [6, 6.07) is 0. The van der Waals surface area contributed by atoms with Crippen LogP contribution in [-0.4, -0.2) is 47.8 Å². The summed E-state index contributed by atoms with van der Waals surface area (Å²) in [4.78, 5) is 30.6. The first-order valence-electron chi connectivity index (χ1n) is 10.3. The lowest BCUT2D eigenvalue weighted by atomic mass is 9.80. The first-order chi connectivity index (χ1) is 12.1. The van der Waals surface area contributed by atoms with Gasteiger partial charge >= 0.3 is 0 Å². The van der Waals surface area contributed by atoms with E-state index in [2.05, 4.69) is 39.8 Å². The molecular formula is C21H36N2O2. The monoisotopic (exact) mass is 348 g/mol. The smallest absolute Gasteiger partial charge is 0.227 e. The average molecular weight is 349 g/mol. The van der Waals surface area contributed by atoms with Gasteiger partial charge < -0.3 is 9.80 Å². The number of nitrogens with zero attached hydrogens (tertiary/aromatic N) is 2. The number of carbonyl (C=O) groups is 2. The van der Waals surface area contributed by atoms with Crippen molar-refractivity contribution in [2.75, 3.05) is 26.2 Å². The SMILES string of the molecule is CCCN(CCC)C(=O)[C@@H]1[C@H](C(=O)N(CCC)CCC)[C@@H]2C=C[C@H]1C2. The summed E-state index contributed by atoms with van der Waals surface area (Å²) in [6.45, 7) is 11.7. The van der Waals surface area contributed by atoms with Crippen LogP contribution in [0.1, 0.15) is 59.8 Å². The molecule has 0 aromatic rings. The summed E-state index contributed by atoms with van der Waals surface area (Å²) < 4.78 is 0. The molecule has 4 heteroatoms. The molecule has 0 aliphatic heterocycles. The Morgan fingerprint density at radius 3 is 1.32 bits per heavy atom. The fourth-order valence-corrected chi connectivity index (χ4v) is 4.66. The molecule has 25 heavy (non-hydrogen) atoms. The lowest BCUT2D eigenvalue weighted by Gasteiger charge is -2.34. The zero-order valence-corrected chi connectivity index (χ0v) is 16.5. The van der Waals surface area contributed by atoms with Crippen molar-refractivity contribution in [3.05, 3.63) is 12.2 Å². The number of hydrogen-bond acceptors (Lipinski definition) is 2. The minimum atomic E-state index is -0.142. The highest BCUT2D eigenvalue weighted by Gasteiger charge is 2.53. The first-order valence-corrected chi connectivity index (χ1v) is 10.3. The summed E-state index contributed by atoms with van der Waals surface area (Å²) in [5.41, 5.74) is 0. The standard InChI is InChI=1S/C21H36N2O2/c1-5-11-22(12-6-2)20(24)18-16-9-10-17(15-16)19(18)21(25)23(13-7-3)14-8-4/h9-10,16-19H,5-8,11-15H2,1-4H3/t16-,17+,18-,19+. The lowest BCUT2D eigenvalue weighted by Crippen LogP contribution is -2.47. The molecular weight excluding hydrogens is 312 g/mol. The molecule has 0 radical (unpaired) electrons. The second-order valence-corrected chi connectivity index (χ2v) is 7.65. The van der Waals surface area contributed by atoms with Crippen molar-refractivity contribution in [3.63, 3.8) is 0 Å². The van der Waals surface area contributed by atoms with Crippen molar-refractivity contribution >= 4 is 11.8 Å². The summed E-state index contributed by atoms with van der Waals surface area (Å²) in [7, 11) is 0. The molecule has 142 valence electrons. The van der Waals surface area contributed by atoms with Crippen LogP contribution in [0.4, 0.5) is 0 Å². The van der Waals surface area contributed by atoms with Gasteiger partial charge in [-0.1, -0.05) is 39.8 Å². The Balaban J connectivity index is 2.21. The fraction of sp³-hybridized carbons (Fsp3) is 0.810. The third-order valence-corrected chi connectivity index (χ3v) is 5.63. The summed E-state index contributed by atoms with van der Waals surface area (Å²) in [5, 5.41) is 0. The van der Waals surface area contributed by atoms with Crippen LogP contribution in [0.15, 0.2) is 12.2 Å². The normalized spacial score (nSPS) is 26.9. The Morgan fingerprint density at radius 2 is 1.04 bits per heavy atom. The molecule has 2 amide bonds. The molecule has 2 bridgehead atoms. The Morgan fingerprint density at radius 1 is 0.720 bits per heavy atom. The van der Waals surface area contributed by atoms with Crippen molar-refractivity contribution in [1.29, 1.82) is 0 Å². The molecule has 4 atom stereocenters. The topological polar surface area (TPSA) is 40.6 Å². The van der Waals surface area contributed by atoms with Crippen molar-refractivity contribution in [2.45, 2.75) is 59.8 Å². The number of rotatable bonds is 10. The quantitative estimate of drug-likeness (QED) is 0.565. The van der Waals surface area contributed by atoms with E-state index in [1.807, 2.05) is 9.80 Å². The van der Waals surface area contributed by atoms with Gasteiger partial charge in [-0.2, -0.15) is 0 Å². The molecule has 2 aliphatic rings. The van der Waals surface area contributed by atoms with E-state index in [0.29, 0.717) is 0 Å². The molecule has 0 aromatic carbocycles. The van der Waals surface area contributed by atoms with Crippen LogP contribution in [0, 0.1) is 23.7 Å². The molecule has 0 aromatic heterocycles. The van der Waals surface area contributed by atoms with E-state index in [-0.39, 0.29) is 35.5 Å². The third-order valence-electron chi connectivity index (χ3n) is 5.63. The van der Waals surface area contributed by atoms with E-state index in [1.54, 1.807) is 0 Å². The van der Waals surface area contributed by atoms with Crippen LogP contribution in [-0.2, 0) is 9.59 Å². The Hall–Kier alpha value is -1.32. The highest BCUT2D eigenvalue weighted by atomic mass is 16.2. The van der Waals surface area contributed by atoms with Crippen LogP contribution in [0.25, 0.3) is 0 Å². The summed E-state index contributed by atoms with van der Waals surface area (Å²) in [6.07, 6.45) is 9.24. The zero-order valence-electron chi connectivity index (χ0n) is 16.5. The van der Waals surface area contributed by atoms with Crippen molar-refractivity contribution in [2.24, 2.45) is 23.7 Å². The number of hydrogen-bond donors (Lipinski definition) is 0. The maximum absolute atomic E-state index is 13.3. The number of amides is 2. The number of allylic oxidation sites excluding steroid dienone is 2. The van der Waals surface area contributed by atoms with Gasteiger partial charge in [-0.05, 0) is 43.9 Å². The average Bonchev–Trinajstić information content (AvgIpc) is 3.21. The van der Waals surface area contributed by atoms with Gasteiger partial charge in [-0.25, -0.2) is 0 Å². The highest BCUT2D eigenvalue weighted by Crippen LogP contribution is 2.49. The van der Waals surface area contributed by atoms with Gasteiger partial charge in [0.15, 0.2) is 0 Å². The lowest BCUT2D eigenvalue weighted by molar-refractivity contribution is -0.147. The molecule has 0 spiro atoms. The van der Waals surface area contributed by atoms with Crippen LogP contribution in [0.5, 0.6) is 0 Å². The zero-order chi connectivity index (χ0) is 18.4. The summed E-state index contributed by atoms with van der Waals surface area (Å²) >= 11 is 0. The second kappa shape index (κ2) is 9.40. The maximum Gasteiger partial charge on any atom is 0.227 e. The minimum absolute atomic E-state index is 0.142. The number of carbonyl (C=O) groups excluding carboxylic acids is 2. The molecule has 0 heterocycles. The van der Waals surface area contributed by atoms with Gasteiger partial charge in [0, 0.05) is 26.2 Å². The van der Waals surface area contributed by atoms with Gasteiger partial charge in [-0.15, -0.1) is 0 Å². The molecule has 0 saturated heterocycles. The molecule has 0 unspecified atom stereocenters. The van der Waals surface area contributed by atoms with Crippen molar-refractivity contribution < 1.29 is 9.59 Å². The van der Waals surface area contributed by atoms with Crippen LogP contribution >= 0.6 is 0 Å². The molecule has 2 rings (SSSR count). The third kappa shape index (κ3) is 4.27. The number of fused-ring (bicyclic) bond motifs is 2.